The summed E-state index contributed by atoms with van der Waals surface area (Å²) in [7, 11) is 0. The first-order valence-electron chi connectivity index (χ1n) is 12.6. The van der Waals surface area contributed by atoms with Crippen molar-refractivity contribution >= 4 is 11.6 Å². The summed E-state index contributed by atoms with van der Waals surface area (Å²) < 4.78 is 0. The number of fused-ring (bicyclic) bond motifs is 1. The number of hydrogen-bond donors (Lipinski definition) is 1. The van der Waals surface area contributed by atoms with Crippen LogP contribution < -0.4 is 5.32 Å². The summed E-state index contributed by atoms with van der Waals surface area (Å²) in [5.41, 5.74) is 6.48. The molecule has 0 radical (unpaired) electrons. The topological polar surface area (TPSA) is 54.4 Å². The Bertz CT molecular complexity index is 1210. The average Bonchev–Trinajstić information content (AvgIpc) is 2.77. The summed E-state index contributed by atoms with van der Waals surface area (Å²) >= 11 is 0. The van der Waals surface area contributed by atoms with Crippen molar-refractivity contribution in [1.82, 2.24) is 10.3 Å². The fourth-order valence-corrected chi connectivity index (χ4v) is 6.39. The van der Waals surface area contributed by atoms with Gasteiger partial charge in [0.1, 0.15) is 5.84 Å². The van der Waals surface area contributed by atoms with Gasteiger partial charge in [-0.25, -0.2) is 0 Å². The molecule has 2 atom stereocenters. The Morgan fingerprint density at radius 1 is 1.09 bits per heavy atom. The first-order valence-corrected chi connectivity index (χ1v) is 12.6. The van der Waals surface area contributed by atoms with Gasteiger partial charge in [-0.05, 0) is 58.4 Å². The number of carbonyl (C=O) groups excluding carboxylic acids is 1. The minimum absolute atomic E-state index is 0.0118. The second kappa shape index (κ2) is 7.90. The SMILES string of the molecule is CC1(C)CC(=O)C2=C(C1)NC1=NCCCC1[C@]2(C)c1cccc(-c2ccncc2C(C)(C)C)c1. The molecule has 4 nitrogen and oxygen atoms in total. The highest BCUT2D eigenvalue weighted by molar-refractivity contribution is 6.05. The van der Waals surface area contributed by atoms with Gasteiger partial charge in [0.2, 0.25) is 0 Å². The summed E-state index contributed by atoms with van der Waals surface area (Å²) in [6, 6.07) is 11.0. The number of benzene rings is 1. The number of nitrogens with one attached hydrogen (secondary N) is 1. The molecule has 0 amide bonds. The van der Waals surface area contributed by atoms with Crippen molar-refractivity contribution in [2.75, 3.05) is 6.54 Å². The van der Waals surface area contributed by atoms with Crippen LogP contribution in [0.3, 0.4) is 0 Å². The number of ketones is 1. The van der Waals surface area contributed by atoms with Crippen LogP contribution in [0.4, 0.5) is 0 Å². The van der Waals surface area contributed by atoms with E-state index in [1.165, 1.54) is 22.3 Å². The molecule has 2 aromatic rings. The Balaban J connectivity index is 1.71. The van der Waals surface area contributed by atoms with Crippen molar-refractivity contribution in [1.29, 1.82) is 0 Å². The molecule has 4 heteroatoms. The zero-order valence-electron chi connectivity index (χ0n) is 21.5. The lowest BCUT2D eigenvalue weighted by atomic mass is 9.57. The quantitative estimate of drug-likeness (QED) is 0.573. The van der Waals surface area contributed by atoms with Gasteiger partial charge < -0.3 is 5.32 Å². The van der Waals surface area contributed by atoms with Crippen molar-refractivity contribution in [3.05, 3.63) is 65.1 Å². The van der Waals surface area contributed by atoms with E-state index in [1.807, 2.05) is 12.4 Å². The molecule has 0 bridgehead atoms. The standard InChI is InChI=1S/C30H37N3O/c1-28(2,3)23-18-31-14-12-21(23)19-9-7-10-20(15-19)30(6)22-11-8-13-32-27(22)33-24-16-29(4,5)17-25(34)26(24)30/h7,9-10,12,14-15,18,22H,8,11,13,16-17H2,1-6H3,(H,32,33)/t22?,30-/m0/s1. The second-order valence-electron chi connectivity index (χ2n) is 12.3. The van der Waals surface area contributed by atoms with Crippen molar-refractivity contribution in [2.45, 2.75) is 78.1 Å². The van der Waals surface area contributed by atoms with Crippen molar-refractivity contribution in [3.63, 3.8) is 0 Å². The third-order valence-electron chi connectivity index (χ3n) is 8.04. The van der Waals surface area contributed by atoms with E-state index in [1.54, 1.807) is 0 Å². The molecule has 1 N–H and O–H groups in total. The average molecular weight is 456 g/mol. The van der Waals surface area contributed by atoms with E-state index in [0.29, 0.717) is 6.42 Å². The third kappa shape index (κ3) is 3.72. The zero-order chi connectivity index (χ0) is 24.3. The lowest BCUT2D eigenvalue weighted by molar-refractivity contribution is -0.119. The Hall–Kier alpha value is -2.75. The Kier molecular flexibility index (Phi) is 5.34. The molecule has 34 heavy (non-hydrogen) atoms. The summed E-state index contributed by atoms with van der Waals surface area (Å²) in [6.07, 6.45) is 7.46. The fraction of sp³-hybridized carbons (Fsp3) is 0.500. The minimum Gasteiger partial charge on any atom is -0.347 e. The normalized spacial score (nSPS) is 26.4. The van der Waals surface area contributed by atoms with E-state index in [4.69, 9.17) is 4.99 Å². The predicted molar refractivity (Wildman–Crippen MR) is 139 cm³/mol. The highest BCUT2D eigenvalue weighted by Gasteiger charge is 2.52. The number of Topliss-reactive ketones (excluding diaryl/α,β-unsaturated/α-hetero) is 1. The van der Waals surface area contributed by atoms with E-state index < -0.39 is 5.41 Å². The number of amidine groups is 1. The van der Waals surface area contributed by atoms with Gasteiger partial charge in [0, 0.05) is 48.0 Å². The van der Waals surface area contributed by atoms with Crippen LogP contribution in [0, 0.1) is 11.3 Å². The van der Waals surface area contributed by atoms with E-state index in [2.05, 4.69) is 82.2 Å². The largest absolute Gasteiger partial charge is 0.347 e. The number of carbonyl (C=O) groups is 1. The highest BCUT2D eigenvalue weighted by atomic mass is 16.1. The van der Waals surface area contributed by atoms with Crippen LogP contribution in [0.2, 0.25) is 0 Å². The zero-order valence-corrected chi connectivity index (χ0v) is 21.5. The van der Waals surface area contributed by atoms with Gasteiger partial charge >= 0.3 is 0 Å². The van der Waals surface area contributed by atoms with Crippen molar-refractivity contribution in [2.24, 2.45) is 16.3 Å². The number of nitrogens with zero attached hydrogens (tertiary/aromatic N) is 2. The number of hydrogen-bond acceptors (Lipinski definition) is 4. The van der Waals surface area contributed by atoms with Crippen LogP contribution in [0.25, 0.3) is 11.1 Å². The number of pyridine rings is 1. The highest BCUT2D eigenvalue weighted by Crippen LogP contribution is 2.52. The molecule has 0 spiro atoms. The number of allylic oxidation sites excluding steroid dienone is 2. The lowest BCUT2D eigenvalue weighted by Gasteiger charge is -2.50. The van der Waals surface area contributed by atoms with Gasteiger partial charge in [0.05, 0.1) is 0 Å². The molecular weight excluding hydrogens is 418 g/mol. The lowest BCUT2D eigenvalue weighted by Crippen LogP contribution is -2.55. The second-order valence-corrected chi connectivity index (χ2v) is 12.3. The van der Waals surface area contributed by atoms with Crippen LogP contribution in [0.1, 0.15) is 78.4 Å². The molecule has 3 aliphatic rings. The Labute approximate surface area is 204 Å². The number of aromatic nitrogens is 1. The molecule has 0 fully saturated rings. The summed E-state index contributed by atoms with van der Waals surface area (Å²) in [6.45, 7) is 14.2. The molecular formula is C30H37N3O. The van der Waals surface area contributed by atoms with Crippen molar-refractivity contribution in [3.8, 4) is 11.1 Å². The molecule has 5 rings (SSSR count). The van der Waals surface area contributed by atoms with E-state index >= 15 is 0 Å². The van der Waals surface area contributed by atoms with Gasteiger partial charge in [-0.1, -0.05) is 65.8 Å². The van der Waals surface area contributed by atoms with Crippen molar-refractivity contribution < 1.29 is 4.79 Å². The summed E-state index contributed by atoms with van der Waals surface area (Å²) in [5, 5.41) is 3.64. The molecule has 0 saturated heterocycles. The molecule has 1 aliphatic carbocycles. The predicted octanol–water partition coefficient (Wildman–Crippen LogP) is 6.36. The van der Waals surface area contributed by atoms with Crippen LogP contribution in [0.15, 0.2) is 59.0 Å². The maximum absolute atomic E-state index is 13.7. The summed E-state index contributed by atoms with van der Waals surface area (Å²) in [5.74, 6) is 1.55. The first-order chi connectivity index (χ1) is 16.0. The summed E-state index contributed by atoms with van der Waals surface area (Å²) in [4.78, 5) is 23.0. The third-order valence-corrected chi connectivity index (χ3v) is 8.04. The Morgan fingerprint density at radius 2 is 1.88 bits per heavy atom. The Morgan fingerprint density at radius 3 is 2.65 bits per heavy atom. The number of rotatable bonds is 2. The fourth-order valence-electron chi connectivity index (χ4n) is 6.39. The van der Waals surface area contributed by atoms with Gasteiger partial charge in [-0.3, -0.25) is 14.8 Å². The van der Waals surface area contributed by atoms with E-state index in [9.17, 15) is 4.79 Å². The maximum Gasteiger partial charge on any atom is 0.162 e. The molecule has 1 aromatic carbocycles. The minimum atomic E-state index is -0.391. The molecule has 2 aliphatic heterocycles. The molecule has 1 aromatic heterocycles. The van der Waals surface area contributed by atoms with Gasteiger partial charge in [-0.2, -0.15) is 0 Å². The smallest absolute Gasteiger partial charge is 0.162 e. The first kappa shape index (κ1) is 23.0. The van der Waals surface area contributed by atoms with E-state index in [-0.39, 0.29) is 22.5 Å². The number of aliphatic imine (C=N–C) groups is 1. The van der Waals surface area contributed by atoms with Gasteiger partial charge in [-0.15, -0.1) is 0 Å². The molecule has 0 saturated carbocycles. The van der Waals surface area contributed by atoms with Crippen LogP contribution >= 0.6 is 0 Å². The molecule has 3 heterocycles. The van der Waals surface area contributed by atoms with Crippen LogP contribution in [-0.4, -0.2) is 23.1 Å². The van der Waals surface area contributed by atoms with Crippen LogP contribution in [-0.2, 0) is 15.6 Å². The molecule has 1 unspecified atom stereocenters. The van der Waals surface area contributed by atoms with Crippen LogP contribution in [0.5, 0.6) is 0 Å². The van der Waals surface area contributed by atoms with Gasteiger partial charge in [0.15, 0.2) is 5.78 Å². The monoisotopic (exact) mass is 455 g/mol. The van der Waals surface area contributed by atoms with E-state index in [0.717, 1.165) is 42.9 Å². The van der Waals surface area contributed by atoms with Gasteiger partial charge in [0.25, 0.3) is 0 Å². The molecule has 178 valence electrons. The maximum atomic E-state index is 13.7.